The average molecular weight is 248 g/mol. The van der Waals surface area contributed by atoms with Crippen molar-refractivity contribution in [3.63, 3.8) is 0 Å². The first-order chi connectivity index (χ1) is 8.79. The van der Waals surface area contributed by atoms with Gasteiger partial charge in [0, 0.05) is 19.3 Å². The molecular formula is C11H16N6O. The number of aryl methyl sites for hydroxylation is 1. The van der Waals surface area contributed by atoms with Crippen molar-refractivity contribution >= 4 is 5.95 Å². The van der Waals surface area contributed by atoms with E-state index in [9.17, 15) is 0 Å². The van der Waals surface area contributed by atoms with Gasteiger partial charge in [0.15, 0.2) is 5.82 Å². The summed E-state index contributed by atoms with van der Waals surface area (Å²) in [5.41, 5.74) is 0. The average Bonchev–Trinajstić information content (AvgIpc) is 2.80. The second kappa shape index (κ2) is 5.95. The number of aromatic nitrogens is 5. The first kappa shape index (κ1) is 12.3. The highest BCUT2D eigenvalue weighted by molar-refractivity contribution is 5.27. The summed E-state index contributed by atoms with van der Waals surface area (Å²) in [5.74, 6) is 1.91. The molecule has 0 spiro atoms. The molecule has 2 heterocycles. The van der Waals surface area contributed by atoms with Crippen LogP contribution in [-0.2, 0) is 13.6 Å². The van der Waals surface area contributed by atoms with Crippen molar-refractivity contribution in [2.75, 3.05) is 11.9 Å². The van der Waals surface area contributed by atoms with Crippen LogP contribution in [0, 0.1) is 0 Å². The van der Waals surface area contributed by atoms with Crippen LogP contribution >= 0.6 is 0 Å². The van der Waals surface area contributed by atoms with Crippen molar-refractivity contribution in [2.45, 2.75) is 19.9 Å². The number of hydrogen-bond acceptors (Lipinski definition) is 6. The van der Waals surface area contributed by atoms with Gasteiger partial charge in [-0.1, -0.05) is 6.92 Å². The Morgan fingerprint density at radius 1 is 1.44 bits per heavy atom. The van der Waals surface area contributed by atoms with Gasteiger partial charge in [0.2, 0.25) is 11.8 Å². The third-order valence-corrected chi connectivity index (χ3v) is 2.29. The molecule has 0 bridgehead atoms. The minimum absolute atomic E-state index is 0.520. The minimum atomic E-state index is 0.520. The smallest absolute Gasteiger partial charge is 0.226 e. The molecule has 0 atom stereocenters. The Kier molecular flexibility index (Phi) is 4.06. The number of nitrogens with one attached hydrogen (secondary N) is 1. The van der Waals surface area contributed by atoms with Crippen molar-refractivity contribution in [1.82, 2.24) is 24.7 Å². The van der Waals surface area contributed by atoms with Gasteiger partial charge in [0.25, 0.3) is 0 Å². The van der Waals surface area contributed by atoms with Gasteiger partial charge >= 0.3 is 0 Å². The largest absolute Gasteiger partial charge is 0.478 e. The van der Waals surface area contributed by atoms with Crippen LogP contribution < -0.4 is 10.1 Å². The Morgan fingerprint density at radius 2 is 2.33 bits per heavy atom. The summed E-state index contributed by atoms with van der Waals surface area (Å²) < 4.78 is 7.27. The predicted molar refractivity (Wildman–Crippen MR) is 66.1 cm³/mol. The molecule has 0 unspecified atom stereocenters. The van der Waals surface area contributed by atoms with Crippen LogP contribution in [0.1, 0.15) is 19.2 Å². The third-order valence-electron chi connectivity index (χ3n) is 2.29. The zero-order chi connectivity index (χ0) is 12.8. The molecule has 0 saturated heterocycles. The van der Waals surface area contributed by atoms with Gasteiger partial charge in [-0.2, -0.15) is 4.98 Å². The highest BCUT2D eigenvalue weighted by atomic mass is 16.5. The van der Waals surface area contributed by atoms with Crippen molar-refractivity contribution in [2.24, 2.45) is 7.05 Å². The first-order valence-electron chi connectivity index (χ1n) is 5.82. The molecular weight excluding hydrogens is 232 g/mol. The molecule has 0 fully saturated rings. The molecule has 96 valence electrons. The van der Waals surface area contributed by atoms with Gasteiger partial charge < -0.3 is 14.6 Å². The second-order valence-electron chi connectivity index (χ2n) is 3.78. The molecule has 2 aromatic rings. The molecule has 1 N–H and O–H groups in total. The molecule has 0 aliphatic heterocycles. The van der Waals surface area contributed by atoms with Gasteiger partial charge in [0.05, 0.1) is 13.2 Å². The molecule has 0 aliphatic rings. The fraction of sp³-hybridized carbons (Fsp3) is 0.455. The van der Waals surface area contributed by atoms with Crippen molar-refractivity contribution < 1.29 is 4.74 Å². The quantitative estimate of drug-likeness (QED) is 0.822. The predicted octanol–water partition coefficient (Wildman–Crippen LogP) is 1.01. The van der Waals surface area contributed by atoms with Crippen molar-refractivity contribution in [3.8, 4) is 5.88 Å². The molecule has 2 rings (SSSR count). The summed E-state index contributed by atoms with van der Waals surface area (Å²) in [5, 5.41) is 10.8. The maximum atomic E-state index is 5.43. The zero-order valence-corrected chi connectivity index (χ0v) is 10.5. The zero-order valence-electron chi connectivity index (χ0n) is 10.5. The lowest BCUT2D eigenvalue weighted by Crippen LogP contribution is -2.08. The summed E-state index contributed by atoms with van der Waals surface area (Å²) in [7, 11) is 1.89. The van der Waals surface area contributed by atoms with Crippen LogP contribution in [0.3, 0.4) is 0 Å². The van der Waals surface area contributed by atoms with Crippen LogP contribution in [-0.4, -0.2) is 31.3 Å². The topological polar surface area (TPSA) is 77.8 Å². The summed E-state index contributed by atoms with van der Waals surface area (Å²) >= 11 is 0. The van der Waals surface area contributed by atoms with Gasteiger partial charge in [-0.3, -0.25) is 0 Å². The van der Waals surface area contributed by atoms with Crippen LogP contribution in [0.15, 0.2) is 18.6 Å². The van der Waals surface area contributed by atoms with E-state index in [0.717, 1.165) is 12.2 Å². The highest BCUT2D eigenvalue weighted by Crippen LogP contribution is 2.09. The van der Waals surface area contributed by atoms with Crippen molar-refractivity contribution in [1.29, 1.82) is 0 Å². The maximum Gasteiger partial charge on any atom is 0.226 e. The van der Waals surface area contributed by atoms with E-state index in [-0.39, 0.29) is 0 Å². The van der Waals surface area contributed by atoms with E-state index in [1.54, 1.807) is 18.6 Å². The van der Waals surface area contributed by atoms with E-state index in [4.69, 9.17) is 4.74 Å². The number of ether oxygens (including phenoxy) is 1. The Balaban J connectivity index is 1.95. The Bertz CT molecular complexity index is 498. The van der Waals surface area contributed by atoms with E-state index in [1.165, 1.54) is 0 Å². The SMILES string of the molecule is CCCOc1ccnc(NCc2nncn2C)n1. The molecule has 0 amide bonds. The number of nitrogens with zero attached hydrogens (tertiary/aromatic N) is 5. The summed E-state index contributed by atoms with van der Waals surface area (Å²) in [6.07, 6.45) is 4.27. The molecule has 0 aliphatic carbocycles. The van der Waals surface area contributed by atoms with Crippen LogP contribution in [0.25, 0.3) is 0 Å². The van der Waals surface area contributed by atoms with Crippen LogP contribution in [0.4, 0.5) is 5.95 Å². The van der Waals surface area contributed by atoms with E-state index in [2.05, 4.69) is 32.4 Å². The molecule has 0 saturated carbocycles. The number of anilines is 1. The molecule has 7 heteroatoms. The van der Waals surface area contributed by atoms with Gasteiger partial charge in [0.1, 0.15) is 6.33 Å². The lowest BCUT2D eigenvalue weighted by Gasteiger charge is -2.06. The summed E-state index contributed by atoms with van der Waals surface area (Å²) in [6.45, 7) is 3.22. The fourth-order valence-corrected chi connectivity index (χ4v) is 1.34. The van der Waals surface area contributed by atoms with Gasteiger partial charge in [-0.05, 0) is 6.42 Å². The minimum Gasteiger partial charge on any atom is -0.478 e. The monoisotopic (exact) mass is 248 g/mol. The van der Waals surface area contributed by atoms with Crippen LogP contribution in [0.5, 0.6) is 5.88 Å². The third kappa shape index (κ3) is 3.16. The first-order valence-corrected chi connectivity index (χ1v) is 5.82. The number of rotatable bonds is 6. The van der Waals surface area contributed by atoms with E-state index < -0.39 is 0 Å². The Hall–Kier alpha value is -2.18. The second-order valence-corrected chi connectivity index (χ2v) is 3.78. The highest BCUT2D eigenvalue weighted by Gasteiger charge is 2.03. The van der Waals surface area contributed by atoms with E-state index in [0.29, 0.717) is 25.0 Å². The lowest BCUT2D eigenvalue weighted by molar-refractivity contribution is 0.305. The van der Waals surface area contributed by atoms with Gasteiger partial charge in [-0.15, -0.1) is 10.2 Å². The number of hydrogen-bond donors (Lipinski definition) is 1. The molecule has 7 nitrogen and oxygen atoms in total. The summed E-state index contributed by atoms with van der Waals surface area (Å²) in [6, 6.07) is 1.74. The fourth-order valence-electron chi connectivity index (χ4n) is 1.34. The van der Waals surface area contributed by atoms with E-state index in [1.807, 2.05) is 11.6 Å². The van der Waals surface area contributed by atoms with E-state index >= 15 is 0 Å². The maximum absolute atomic E-state index is 5.43. The Morgan fingerprint density at radius 3 is 3.06 bits per heavy atom. The van der Waals surface area contributed by atoms with Crippen LogP contribution in [0.2, 0.25) is 0 Å². The normalized spacial score (nSPS) is 10.3. The summed E-state index contributed by atoms with van der Waals surface area (Å²) in [4.78, 5) is 8.35. The molecule has 0 aromatic carbocycles. The molecule has 2 aromatic heterocycles. The molecule has 0 radical (unpaired) electrons. The van der Waals surface area contributed by atoms with Crippen molar-refractivity contribution in [3.05, 3.63) is 24.4 Å². The van der Waals surface area contributed by atoms with Gasteiger partial charge in [-0.25, -0.2) is 4.98 Å². The standard InChI is InChI=1S/C11H16N6O/c1-3-6-18-10-4-5-12-11(15-10)13-7-9-16-14-8-17(9)2/h4-5,8H,3,6-7H2,1-2H3,(H,12,13,15). The lowest BCUT2D eigenvalue weighted by atomic mass is 10.5. The Labute approximate surface area is 105 Å². The molecule has 18 heavy (non-hydrogen) atoms.